The molecule has 0 saturated heterocycles. The Morgan fingerprint density at radius 2 is 2.10 bits per heavy atom. The van der Waals surface area contributed by atoms with Gasteiger partial charge in [-0.05, 0) is 18.8 Å². The Labute approximate surface area is 123 Å². The summed E-state index contributed by atoms with van der Waals surface area (Å²) < 4.78 is 4.92. The number of nitrogens with one attached hydrogen (secondary N) is 2. The van der Waals surface area contributed by atoms with Crippen molar-refractivity contribution in [2.75, 3.05) is 6.61 Å². The fourth-order valence-electron chi connectivity index (χ4n) is 2.61. The summed E-state index contributed by atoms with van der Waals surface area (Å²) in [6.45, 7) is 1.81. The predicted octanol–water partition coefficient (Wildman–Crippen LogP) is 0.490. The van der Waals surface area contributed by atoms with Crippen molar-refractivity contribution in [1.29, 1.82) is 0 Å². The van der Waals surface area contributed by atoms with Crippen LogP contribution < -0.4 is 10.7 Å². The molecule has 7 nitrogen and oxygen atoms in total. The average Bonchev–Trinajstić information content (AvgIpc) is 2.48. The molecular formula is C14H21N3O4. The van der Waals surface area contributed by atoms with Crippen LogP contribution in [-0.4, -0.2) is 36.1 Å². The number of esters is 1. The summed E-state index contributed by atoms with van der Waals surface area (Å²) in [5, 5.41) is 6.54. The van der Waals surface area contributed by atoms with Gasteiger partial charge in [0.2, 0.25) is 5.91 Å². The zero-order chi connectivity index (χ0) is 15.2. The number of hydrogen-bond acceptors (Lipinski definition) is 5. The van der Waals surface area contributed by atoms with Crippen molar-refractivity contribution in [3.8, 4) is 0 Å². The highest BCUT2D eigenvalue weighted by Crippen LogP contribution is 2.23. The molecule has 1 fully saturated rings. The summed E-state index contributed by atoms with van der Waals surface area (Å²) in [5.74, 6) is -0.712. The Hall–Kier alpha value is -1.92. The second kappa shape index (κ2) is 7.19. The highest BCUT2D eigenvalue weighted by atomic mass is 16.5. The summed E-state index contributed by atoms with van der Waals surface area (Å²) >= 11 is 0. The van der Waals surface area contributed by atoms with Gasteiger partial charge in [0.1, 0.15) is 5.71 Å². The molecule has 0 bridgehead atoms. The molecule has 1 saturated carbocycles. The van der Waals surface area contributed by atoms with Crippen LogP contribution in [0.4, 0.5) is 0 Å². The van der Waals surface area contributed by atoms with E-state index in [1.165, 1.54) is 6.42 Å². The van der Waals surface area contributed by atoms with E-state index in [-0.39, 0.29) is 43.0 Å². The van der Waals surface area contributed by atoms with Gasteiger partial charge in [0, 0.05) is 18.9 Å². The zero-order valence-electron chi connectivity index (χ0n) is 12.2. The van der Waals surface area contributed by atoms with E-state index in [9.17, 15) is 14.4 Å². The highest BCUT2D eigenvalue weighted by Gasteiger charge is 2.24. The van der Waals surface area contributed by atoms with Crippen molar-refractivity contribution in [2.24, 2.45) is 11.0 Å². The maximum atomic E-state index is 11.8. The van der Waals surface area contributed by atoms with Crippen molar-refractivity contribution >= 4 is 23.5 Å². The molecule has 0 aromatic rings. The third kappa shape index (κ3) is 4.54. The number of ether oxygens (including phenoxy) is 1. The molecule has 2 aliphatic rings. The van der Waals surface area contributed by atoms with E-state index in [1.807, 2.05) is 0 Å². The lowest BCUT2D eigenvalue weighted by molar-refractivity contribution is -0.142. The quantitative estimate of drug-likeness (QED) is 0.738. The maximum Gasteiger partial charge on any atom is 0.355 e. The second-order valence-electron chi connectivity index (χ2n) is 5.61. The van der Waals surface area contributed by atoms with Crippen molar-refractivity contribution in [1.82, 2.24) is 10.7 Å². The minimum atomic E-state index is -0.651. The normalized spacial score (nSPS) is 25.6. The van der Waals surface area contributed by atoms with Crippen LogP contribution in [-0.2, 0) is 19.1 Å². The van der Waals surface area contributed by atoms with Gasteiger partial charge in [0.25, 0.3) is 5.91 Å². The predicted molar refractivity (Wildman–Crippen MR) is 75.3 cm³/mol. The van der Waals surface area contributed by atoms with Gasteiger partial charge in [0.15, 0.2) is 6.61 Å². The SMILES string of the molecule is C[C@@H]1CCCC[C@H]1NC(=O)COC(=O)C1=NNC(=O)CC1. The lowest BCUT2D eigenvalue weighted by Crippen LogP contribution is -2.43. The number of hydrogen-bond donors (Lipinski definition) is 2. The number of carbonyl (C=O) groups is 3. The van der Waals surface area contributed by atoms with E-state index in [0.29, 0.717) is 5.92 Å². The highest BCUT2D eigenvalue weighted by molar-refractivity contribution is 6.37. The molecule has 0 radical (unpaired) electrons. The van der Waals surface area contributed by atoms with Crippen LogP contribution in [0, 0.1) is 5.92 Å². The first-order valence-corrected chi connectivity index (χ1v) is 7.38. The molecule has 1 aliphatic heterocycles. The van der Waals surface area contributed by atoms with Crippen LogP contribution in [0.1, 0.15) is 45.4 Å². The summed E-state index contributed by atoms with van der Waals surface area (Å²) in [6.07, 6.45) is 4.85. The van der Waals surface area contributed by atoms with Crippen LogP contribution in [0.25, 0.3) is 0 Å². The molecule has 2 N–H and O–H groups in total. The smallest absolute Gasteiger partial charge is 0.355 e. The van der Waals surface area contributed by atoms with Gasteiger partial charge in [-0.2, -0.15) is 5.10 Å². The van der Waals surface area contributed by atoms with Crippen molar-refractivity contribution in [3.05, 3.63) is 0 Å². The van der Waals surface area contributed by atoms with Crippen molar-refractivity contribution < 1.29 is 19.1 Å². The Balaban J connectivity index is 1.73. The molecule has 1 heterocycles. The Bertz CT molecular complexity index is 461. The molecule has 21 heavy (non-hydrogen) atoms. The largest absolute Gasteiger partial charge is 0.451 e. The Morgan fingerprint density at radius 1 is 1.33 bits per heavy atom. The third-order valence-electron chi connectivity index (χ3n) is 3.93. The fourth-order valence-corrected chi connectivity index (χ4v) is 2.61. The average molecular weight is 295 g/mol. The van der Waals surface area contributed by atoms with Crippen LogP contribution in [0.15, 0.2) is 5.10 Å². The van der Waals surface area contributed by atoms with Gasteiger partial charge >= 0.3 is 5.97 Å². The third-order valence-corrected chi connectivity index (χ3v) is 3.93. The molecule has 1 aliphatic carbocycles. The van der Waals surface area contributed by atoms with E-state index in [4.69, 9.17) is 4.74 Å². The van der Waals surface area contributed by atoms with Gasteiger partial charge < -0.3 is 10.1 Å². The molecule has 7 heteroatoms. The van der Waals surface area contributed by atoms with E-state index in [1.54, 1.807) is 0 Å². The van der Waals surface area contributed by atoms with Crippen LogP contribution in [0.5, 0.6) is 0 Å². The summed E-state index contributed by atoms with van der Waals surface area (Å²) in [7, 11) is 0. The van der Waals surface area contributed by atoms with Crippen LogP contribution >= 0.6 is 0 Å². The Morgan fingerprint density at radius 3 is 2.76 bits per heavy atom. The van der Waals surface area contributed by atoms with E-state index < -0.39 is 5.97 Å². The van der Waals surface area contributed by atoms with Gasteiger partial charge in [-0.3, -0.25) is 9.59 Å². The molecule has 0 spiro atoms. The molecule has 2 atom stereocenters. The van der Waals surface area contributed by atoms with Gasteiger partial charge in [-0.1, -0.05) is 19.8 Å². The number of nitrogens with zero attached hydrogens (tertiary/aromatic N) is 1. The van der Waals surface area contributed by atoms with Crippen LogP contribution in [0.2, 0.25) is 0 Å². The van der Waals surface area contributed by atoms with Gasteiger partial charge in [0.05, 0.1) is 0 Å². The minimum Gasteiger partial charge on any atom is -0.451 e. The summed E-state index contributed by atoms with van der Waals surface area (Å²) in [5.41, 5.74) is 2.37. The van der Waals surface area contributed by atoms with Crippen molar-refractivity contribution in [3.63, 3.8) is 0 Å². The van der Waals surface area contributed by atoms with Crippen molar-refractivity contribution in [2.45, 2.75) is 51.5 Å². The van der Waals surface area contributed by atoms with Gasteiger partial charge in [-0.15, -0.1) is 0 Å². The van der Waals surface area contributed by atoms with Gasteiger partial charge in [-0.25, -0.2) is 10.2 Å². The maximum absolute atomic E-state index is 11.8. The summed E-state index contributed by atoms with van der Waals surface area (Å²) in [4.78, 5) is 34.4. The molecule has 0 aromatic heterocycles. The molecular weight excluding hydrogens is 274 g/mol. The standard InChI is InChI=1S/C14H21N3O4/c1-9-4-2-3-5-10(9)15-13(19)8-21-14(20)11-6-7-12(18)17-16-11/h9-10H,2-8H2,1H3,(H,15,19)(H,17,18)/t9-,10-/m1/s1. The molecule has 0 unspecified atom stereocenters. The van der Waals surface area contributed by atoms with Crippen LogP contribution in [0.3, 0.4) is 0 Å². The molecule has 116 valence electrons. The molecule has 0 aromatic carbocycles. The number of rotatable bonds is 4. The first kappa shape index (κ1) is 15.5. The lowest BCUT2D eigenvalue weighted by atomic mass is 9.86. The first-order valence-electron chi connectivity index (χ1n) is 7.38. The number of hydrazone groups is 1. The second-order valence-corrected chi connectivity index (χ2v) is 5.61. The first-order chi connectivity index (χ1) is 10.1. The molecule has 2 amide bonds. The molecule has 2 rings (SSSR count). The lowest BCUT2D eigenvalue weighted by Gasteiger charge is -2.29. The van der Waals surface area contributed by atoms with E-state index in [2.05, 4.69) is 22.8 Å². The monoisotopic (exact) mass is 295 g/mol. The summed E-state index contributed by atoms with van der Waals surface area (Å²) in [6, 6.07) is 0.163. The number of amides is 2. The number of carbonyl (C=O) groups excluding carboxylic acids is 3. The Kier molecular flexibility index (Phi) is 5.30. The van der Waals surface area contributed by atoms with E-state index in [0.717, 1.165) is 19.3 Å². The van der Waals surface area contributed by atoms with E-state index >= 15 is 0 Å². The minimum absolute atomic E-state index is 0.147. The fraction of sp³-hybridized carbons (Fsp3) is 0.714. The topological polar surface area (TPSA) is 96.9 Å². The zero-order valence-corrected chi connectivity index (χ0v) is 12.2.